The molecule has 9 nitrogen and oxygen atoms in total. The molecule has 0 unspecified atom stereocenters. The van der Waals surface area contributed by atoms with Gasteiger partial charge in [-0.2, -0.15) is 26.0 Å². The van der Waals surface area contributed by atoms with Gasteiger partial charge in [0.2, 0.25) is 0 Å². The van der Waals surface area contributed by atoms with Crippen LogP contribution in [0.1, 0.15) is 15.9 Å². The van der Waals surface area contributed by atoms with Crippen molar-refractivity contribution in [3.63, 3.8) is 0 Å². The van der Waals surface area contributed by atoms with Gasteiger partial charge in [-0.25, -0.2) is 0 Å². The van der Waals surface area contributed by atoms with E-state index in [1.165, 1.54) is 24.3 Å². The first-order valence-electron chi connectivity index (χ1n) is 7.66. The molecule has 0 heterocycles. The maximum absolute atomic E-state index is 13.0. The van der Waals surface area contributed by atoms with Crippen molar-refractivity contribution < 1.29 is 57.4 Å². The second-order valence-electron chi connectivity index (χ2n) is 5.29. The zero-order valence-corrected chi connectivity index (χ0v) is 16.9. The lowest BCUT2D eigenvalue weighted by Crippen LogP contribution is -2.07. The highest BCUT2D eigenvalue weighted by Crippen LogP contribution is 2.29. The Labute approximate surface area is 179 Å². The first-order valence-corrected chi connectivity index (χ1v) is 10.1. The van der Waals surface area contributed by atoms with Crippen molar-refractivity contribution in [3.05, 3.63) is 78.3 Å². The van der Waals surface area contributed by atoms with Crippen molar-refractivity contribution in [2.75, 3.05) is 0 Å². The van der Waals surface area contributed by atoms with Gasteiger partial charge in [0.15, 0.2) is 11.5 Å². The summed E-state index contributed by atoms with van der Waals surface area (Å²) < 4.78 is 116. The van der Waals surface area contributed by atoms with Crippen LogP contribution in [0.2, 0.25) is 0 Å². The van der Waals surface area contributed by atoms with Crippen LogP contribution in [0, 0.1) is 0 Å². The molecule has 0 saturated heterocycles. The van der Waals surface area contributed by atoms with E-state index in [0.717, 1.165) is 12.1 Å². The van der Waals surface area contributed by atoms with E-state index < -0.39 is 55.3 Å². The molecule has 0 fully saturated rings. The Morgan fingerprint density at radius 3 is 1.84 bits per heavy atom. The van der Waals surface area contributed by atoms with Crippen molar-refractivity contribution >= 4 is 26.5 Å². The predicted molar refractivity (Wildman–Crippen MR) is 97.7 cm³/mol. The average Bonchev–Trinajstić information content (AvgIpc) is 2.66. The molecule has 2 aromatic carbocycles. The molecule has 0 amide bonds. The number of hydrogen-bond donors (Lipinski definition) is 1. The van der Waals surface area contributed by atoms with Crippen LogP contribution in [-0.2, 0) is 20.7 Å². The van der Waals surface area contributed by atoms with Gasteiger partial charge in [0.25, 0.3) is 16.1 Å². The van der Waals surface area contributed by atoms with E-state index in [0.29, 0.717) is 6.07 Å². The summed E-state index contributed by atoms with van der Waals surface area (Å²) in [6.45, 7) is 2.90. The number of rotatable bonds is 7. The standard InChI is InChI=1S/C17H10F4O6S.O3S/c1-9(18)26-12-5-2-10(3-6-12)15(22)11-4-7-13(27-17(21)16(19)20)14(8-11)28(23,24)25;1-4(2)3/h2-8H,1H2,(H,23,24,25);. The minimum Gasteiger partial charge on any atom is -0.432 e. The summed E-state index contributed by atoms with van der Waals surface area (Å²) in [5.74, 6) is -1.65. The van der Waals surface area contributed by atoms with Crippen molar-refractivity contribution in [1.82, 2.24) is 0 Å². The lowest BCUT2D eigenvalue weighted by molar-refractivity contribution is 0.103. The van der Waals surface area contributed by atoms with E-state index in [2.05, 4.69) is 16.1 Å². The van der Waals surface area contributed by atoms with Gasteiger partial charge in [0, 0.05) is 11.1 Å². The van der Waals surface area contributed by atoms with Crippen LogP contribution in [0.25, 0.3) is 0 Å². The second kappa shape index (κ2) is 11.2. The Hall–Kier alpha value is -3.56. The van der Waals surface area contributed by atoms with Gasteiger partial charge in [-0.1, -0.05) is 0 Å². The number of ether oxygens (including phenoxy) is 2. The zero-order valence-electron chi connectivity index (χ0n) is 15.3. The van der Waals surface area contributed by atoms with Gasteiger partial charge < -0.3 is 9.47 Å². The molecule has 2 aromatic rings. The van der Waals surface area contributed by atoms with E-state index in [1.807, 2.05) is 0 Å². The molecule has 2 rings (SSSR count). The van der Waals surface area contributed by atoms with E-state index in [4.69, 9.17) is 12.6 Å². The Balaban J connectivity index is 0.00000118. The lowest BCUT2D eigenvalue weighted by atomic mass is 10.0. The van der Waals surface area contributed by atoms with Crippen molar-refractivity contribution in [2.45, 2.75) is 4.90 Å². The summed E-state index contributed by atoms with van der Waals surface area (Å²) in [5.41, 5.74) is -0.263. The highest BCUT2D eigenvalue weighted by atomic mass is 32.2. The molecule has 0 spiro atoms. The van der Waals surface area contributed by atoms with Crippen LogP contribution < -0.4 is 9.47 Å². The van der Waals surface area contributed by atoms with Gasteiger partial charge >= 0.3 is 22.7 Å². The maximum atomic E-state index is 13.0. The summed E-state index contributed by atoms with van der Waals surface area (Å²) in [7, 11) is -8.16. The Morgan fingerprint density at radius 2 is 1.41 bits per heavy atom. The maximum Gasteiger partial charge on any atom is 0.425 e. The normalized spacial score (nSPS) is 10.3. The SMILES string of the molecule is C=C(F)Oc1ccc(C(=O)c2ccc(OC(F)=C(F)F)c(S(=O)(=O)O)c2)cc1.O=S(=O)=O. The lowest BCUT2D eigenvalue weighted by Gasteiger charge is -2.09. The molecule has 1 N–H and O–H groups in total. The van der Waals surface area contributed by atoms with Gasteiger partial charge in [-0.3, -0.25) is 9.35 Å². The van der Waals surface area contributed by atoms with Crippen LogP contribution >= 0.6 is 0 Å². The Bertz CT molecular complexity index is 1260. The largest absolute Gasteiger partial charge is 0.432 e. The molecule has 172 valence electrons. The first-order chi connectivity index (χ1) is 14.7. The van der Waals surface area contributed by atoms with Crippen LogP contribution in [0.15, 0.2) is 72.0 Å². The number of benzene rings is 2. The van der Waals surface area contributed by atoms with Crippen LogP contribution in [0.3, 0.4) is 0 Å². The van der Waals surface area contributed by atoms with Gasteiger partial charge in [0.1, 0.15) is 10.6 Å². The van der Waals surface area contributed by atoms with Crippen molar-refractivity contribution in [3.8, 4) is 11.5 Å². The van der Waals surface area contributed by atoms with Gasteiger partial charge in [-0.15, -0.1) is 12.6 Å². The molecule has 0 bridgehead atoms. The molecule has 0 aliphatic rings. The molecule has 15 heteroatoms. The monoisotopic (exact) mass is 498 g/mol. The van der Waals surface area contributed by atoms with E-state index in [-0.39, 0.29) is 16.9 Å². The number of ketones is 1. The molecule has 32 heavy (non-hydrogen) atoms. The molecule has 0 atom stereocenters. The predicted octanol–water partition coefficient (Wildman–Crippen LogP) is 3.39. The summed E-state index contributed by atoms with van der Waals surface area (Å²) in [5, 5.41) is 0. The molecule has 0 aromatic heterocycles. The van der Waals surface area contributed by atoms with Crippen LogP contribution in [0.4, 0.5) is 17.6 Å². The fourth-order valence-electron chi connectivity index (χ4n) is 2.04. The molecule has 0 saturated carbocycles. The van der Waals surface area contributed by atoms with Gasteiger partial charge in [-0.05, 0) is 49.0 Å². The summed E-state index contributed by atoms with van der Waals surface area (Å²) in [6, 6.07) is 3.84. The molecule has 0 radical (unpaired) electrons. The smallest absolute Gasteiger partial charge is 0.425 e. The summed E-state index contributed by atoms with van der Waals surface area (Å²) in [6.07, 6.45) is -2.85. The third-order valence-electron chi connectivity index (χ3n) is 3.18. The highest BCUT2D eigenvalue weighted by molar-refractivity contribution is 7.86. The minimum atomic E-state index is -5.05. The Morgan fingerprint density at radius 1 is 0.906 bits per heavy atom. The fourth-order valence-corrected chi connectivity index (χ4v) is 2.68. The van der Waals surface area contributed by atoms with Gasteiger partial charge in [0.05, 0.1) is 0 Å². The Kier molecular flexibility index (Phi) is 9.24. The molecular formula is C17H10F4O9S2. The van der Waals surface area contributed by atoms with E-state index in [1.54, 1.807) is 0 Å². The van der Waals surface area contributed by atoms with E-state index >= 15 is 0 Å². The van der Waals surface area contributed by atoms with Crippen LogP contribution in [-0.4, -0.2) is 31.4 Å². The van der Waals surface area contributed by atoms with Crippen molar-refractivity contribution in [1.29, 1.82) is 0 Å². The number of carbonyl (C=O) groups excluding carboxylic acids is 1. The number of hydrogen-bond acceptors (Lipinski definition) is 8. The molecule has 0 aliphatic heterocycles. The number of carbonyl (C=O) groups is 1. The first kappa shape index (κ1) is 26.5. The fraction of sp³-hybridized carbons (Fsp3) is 0. The average molecular weight is 498 g/mol. The number of halogens is 4. The summed E-state index contributed by atoms with van der Waals surface area (Å²) in [4.78, 5) is 11.4. The van der Waals surface area contributed by atoms with Crippen LogP contribution in [0.5, 0.6) is 11.5 Å². The molecular weight excluding hydrogens is 488 g/mol. The zero-order chi connectivity index (χ0) is 24.6. The molecule has 0 aliphatic carbocycles. The second-order valence-corrected chi connectivity index (χ2v) is 7.09. The third kappa shape index (κ3) is 8.29. The van der Waals surface area contributed by atoms with E-state index in [9.17, 15) is 35.3 Å². The van der Waals surface area contributed by atoms with Crippen molar-refractivity contribution in [2.24, 2.45) is 0 Å². The third-order valence-corrected chi connectivity index (χ3v) is 4.05. The topological polar surface area (TPSA) is 141 Å². The highest BCUT2D eigenvalue weighted by Gasteiger charge is 2.22. The minimum absolute atomic E-state index is 0.0210. The summed E-state index contributed by atoms with van der Waals surface area (Å²) >= 11 is 0. The quantitative estimate of drug-likeness (QED) is 0.263.